The first-order chi connectivity index (χ1) is 18.0. The van der Waals surface area contributed by atoms with Crippen LogP contribution in [0.5, 0.6) is 0 Å². The Balaban J connectivity index is 1.12. The van der Waals surface area contributed by atoms with Gasteiger partial charge in [-0.15, -0.1) is 0 Å². The normalized spacial score (nSPS) is 32.5. The summed E-state index contributed by atoms with van der Waals surface area (Å²) in [7, 11) is 0. The van der Waals surface area contributed by atoms with E-state index < -0.39 is 17.0 Å². The van der Waals surface area contributed by atoms with E-state index in [1.807, 2.05) is 18.2 Å². The SMILES string of the molecule is CC1CN(c2ccc(C(C)(C)O)c(F)c2)CCN1c1cccc(C(=O)NC2C3CC4CC2CC(O)(C4)C3)n1. The number of amides is 1. The molecule has 4 saturated carbocycles. The number of nitrogens with zero attached hydrogens (tertiary/aromatic N) is 3. The molecular weight excluding hydrogens is 483 g/mol. The number of piperazine rings is 1. The van der Waals surface area contributed by atoms with Crippen LogP contribution >= 0.6 is 0 Å². The lowest BCUT2D eigenvalue weighted by Gasteiger charge is -2.58. The van der Waals surface area contributed by atoms with Crippen LogP contribution in [0.25, 0.3) is 0 Å². The number of carbonyl (C=O) groups excluding carboxylic acids is 1. The van der Waals surface area contributed by atoms with Crippen molar-refractivity contribution in [1.82, 2.24) is 10.3 Å². The number of rotatable bonds is 5. The summed E-state index contributed by atoms with van der Waals surface area (Å²) in [5, 5.41) is 24.3. The van der Waals surface area contributed by atoms with E-state index in [4.69, 9.17) is 4.98 Å². The Hall–Kier alpha value is -2.71. The minimum Gasteiger partial charge on any atom is -0.390 e. The molecule has 3 unspecified atom stereocenters. The molecule has 1 aromatic heterocycles. The highest BCUT2D eigenvalue weighted by Gasteiger charge is 2.55. The number of anilines is 2. The van der Waals surface area contributed by atoms with Crippen LogP contribution in [0.3, 0.4) is 0 Å². The molecule has 8 heteroatoms. The molecule has 2 aromatic rings. The Morgan fingerprint density at radius 3 is 2.50 bits per heavy atom. The van der Waals surface area contributed by atoms with Gasteiger partial charge in [-0.25, -0.2) is 9.37 Å². The molecule has 5 fully saturated rings. The fraction of sp³-hybridized carbons (Fsp3) is 0.600. The van der Waals surface area contributed by atoms with Crippen LogP contribution in [-0.2, 0) is 5.60 Å². The van der Waals surface area contributed by atoms with Gasteiger partial charge in [0.1, 0.15) is 17.3 Å². The van der Waals surface area contributed by atoms with Crippen molar-refractivity contribution in [2.75, 3.05) is 29.4 Å². The molecule has 1 saturated heterocycles. The molecular formula is C30H39FN4O3. The molecule has 3 N–H and O–H groups in total. The van der Waals surface area contributed by atoms with Crippen molar-refractivity contribution in [3.05, 3.63) is 53.5 Å². The van der Waals surface area contributed by atoms with Crippen LogP contribution in [0.15, 0.2) is 36.4 Å². The van der Waals surface area contributed by atoms with Gasteiger partial charge in [-0.05, 0) is 94.9 Å². The second-order valence-electron chi connectivity index (χ2n) is 12.8. The molecule has 38 heavy (non-hydrogen) atoms. The van der Waals surface area contributed by atoms with Crippen LogP contribution in [0, 0.1) is 23.6 Å². The fourth-order valence-corrected chi connectivity index (χ4v) is 7.88. The number of nitrogens with one attached hydrogen (secondary N) is 1. The van der Waals surface area contributed by atoms with E-state index in [9.17, 15) is 19.4 Å². The summed E-state index contributed by atoms with van der Waals surface area (Å²) >= 11 is 0. The number of aliphatic hydroxyl groups is 2. The maximum absolute atomic E-state index is 14.7. The standard InChI is InChI=1S/C30H39FN4O3/c1-18-17-34(22-7-8-23(24(31)13-22)29(2,3)37)9-10-35(18)26-6-4-5-25(32-26)28(36)33-27-20-11-19-12-21(27)16-30(38,14-19)15-20/h4-8,13,18-21,27,37-38H,9-12,14-17H2,1-3H3,(H,33,36). The molecule has 3 atom stereocenters. The summed E-state index contributed by atoms with van der Waals surface area (Å²) in [5.74, 6) is 1.54. The number of carbonyl (C=O) groups is 1. The van der Waals surface area contributed by atoms with Gasteiger partial charge in [0.25, 0.3) is 5.91 Å². The molecule has 204 valence electrons. The Labute approximate surface area is 224 Å². The molecule has 4 bridgehead atoms. The Morgan fingerprint density at radius 1 is 1.13 bits per heavy atom. The van der Waals surface area contributed by atoms with Crippen LogP contribution < -0.4 is 15.1 Å². The van der Waals surface area contributed by atoms with Crippen molar-refractivity contribution in [2.45, 2.75) is 76.2 Å². The summed E-state index contributed by atoms with van der Waals surface area (Å²) in [4.78, 5) is 22.4. The first-order valence-corrected chi connectivity index (χ1v) is 14.0. The van der Waals surface area contributed by atoms with Gasteiger partial charge < -0.3 is 25.3 Å². The van der Waals surface area contributed by atoms with Gasteiger partial charge in [-0.3, -0.25) is 4.79 Å². The second-order valence-corrected chi connectivity index (χ2v) is 12.8. The summed E-state index contributed by atoms with van der Waals surface area (Å²) in [6.45, 7) is 7.36. The largest absolute Gasteiger partial charge is 0.390 e. The van der Waals surface area contributed by atoms with E-state index in [1.165, 1.54) is 6.07 Å². The molecule has 4 aliphatic carbocycles. The maximum atomic E-state index is 14.7. The van der Waals surface area contributed by atoms with Crippen LogP contribution in [0.2, 0.25) is 0 Å². The van der Waals surface area contributed by atoms with E-state index in [0.717, 1.165) is 43.6 Å². The quantitative estimate of drug-likeness (QED) is 0.553. The van der Waals surface area contributed by atoms with Gasteiger partial charge in [0, 0.05) is 43.0 Å². The first kappa shape index (κ1) is 25.6. The lowest BCUT2D eigenvalue weighted by molar-refractivity contribution is -0.136. The Bertz CT molecular complexity index is 1210. The zero-order valence-corrected chi connectivity index (χ0v) is 22.5. The molecule has 1 aromatic carbocycles. The highest BCUT2D eigenvalue weighted by molar-refractivity contribution is 5.93. The van der Waals surface area contributed by atoms with Crippen molar-refractivity contribution in [3.63, 3.8) is 0 Å². The van der Waals surface area contributed by atoms with Crippen molar-refractivity contribution >= 4 is 17.4 Å². The van der Waals surface area contributed by atoms with Crippen molar-refractivity contribution in [2.24, 2.45) is 17.8 Å². The van der Waals surface area contributed by atoms with Crippen LogP contribution in [0.4, 0.5) is 15.9 Å². The fourth-order valence-electron chi connectivity index (χ4n) is 7.88. The van der Waals surface area contributed by atoms with Crippen molar-refractivity contribution < 1.29 is 19.4 Å². The molecule has 5 aliphatic rings. The number of hydrogen-bond donors (Lipinski definition) is 3. The average Bonchev–Trinajstić information content (AvgIpc) is 2.84. The predicted octanol–water partition coefficient (Wildman–Crippen LogP) is 3.83. The zero-order chi connectivity index (χ0) is 26.8. The number of halogens is 1. The summed E-state index contributed by atoms with van der Waals surface area (Å²) in [6.07, 6.45) is 4.72. The number of pyridine rings is 1. The number of aromatic nitrogens is 1. The maximum Gasteiger partial charge on any atom is 0.270 e. The van der Waals surface area contributed by atoms with E-state index in [0.29, 0.717) is 43.1 Å². The molecule has 7 nitrogen and oxygen atoms in total. The molecule has 1 amide bonds. The average molecular weight is 523 g/mol. The van der Waals surface area contributed by atoms with Gasteiger partial charge in [-0.1, -0.05) is 12.1 Å². The minimum absolute atomic E-state index is 0.108. The molecule has 1 aliphatic heterocycles. The van der Waals surface area contributed by atoms with E-state index in [1.54, 1.807) is 26.0 Å². The van der Waals surface area contributed by atoms with Crippen molar-refractivity contribution in [1.29, 1.82) is 0 Å². The van der Waals surface area contributed by atoms with Crippen LogP contribution in [0.1, 0.15) is 68.9 Å². The third-order valence-corrected chi connectivity index (χ3v) is 9.40. The van der Waals surface area contributed by atoms with Gasteiger partial charge in [-0.2, -0.15) is 0 Å². The van der Waals surface area contributed by atoms with Gasteiger partial charge >= 0.3 is 0 Å². The van der Waals surface area contributed by atoms with Gasteiger partial charge in [0.05, 0.1) is 11.2 Å². The first-order valence-electron chi connectivity index (χ1n) is 14.0. The zero-order valence-electron chi connectivity index (χ0n) is 22.5. The molecule has 0 radical (unpaired) electrons. The lowest BCUT2D eigenvalue weighted by Crippen LogP contribution is -2.61. The highest BCUT2D eigenvalue weighted by atomic mass is 19.1. The Morgan fingerprint density at radius 2 is 1.87 bits per heavy atom. The minimum atomic E-state index is -1.23. The summed E-state index contributed by atoms with van der Waals surface area (Å²) < 4.78 is 14.7. The third-order valence-electron chi connectivity index (χ3n) is 9.40. The van der Waals surface area contributed by atoms with E-state index in [-0.39, 0.29) is 23.6 Å². The Kier molecular flexibility index (Phi) is 6.18. The lowest BCUT2D eigenvalue weighted by atomic mass is 9.52. The number of benzene rings is 1. The summed E-state index contributed by atoms with van der Waals surface area (Å²) in [5.41, 5.74) is -0.236. The van der Waals surface area contributed by atoms with Gasteiger partial charge in [0.2, 0.25) is 0 Å². The predicted molar refractivity (Wildman–Crippen MR) is 145 cm³/mol. The van der Waals surface area contributed by atoms with E-state index in [2.05, 4.69) is 22.0 Å². The van der Waals surface area contributed by atoms with Crippen LogP contribution in [-0.4, -0.2) is 58.4 Å². The topological polar surface area (TPSA) is 88.9 Å². The monoisotopic (exact) mass is 522 g/mol. The third kappa shape index (κ3) is 4.66. The van der Waals surface area contributed by atoms with E-state index >= 15 is 0 Å². The molecule has 0 spiro atoms. The molecule has 2 heterocycles. The second kappa shape index (κ2) is 9.19. The highest BCUT2D eigenvalue weighted by Crippen LogP contribution is 2.55. The molecule has 7 rings (SSSR count). The van der Waals surface area contributed by atoms with Crippen molar-refractivity contribution in [3.8, 4) is 0 Å². The number of hydrogen-bond acceptors (Lipinski definition) is 6. The summed E-state index contributed by atoms with van der Waals surface area (Å²) in [6, 6.07) is 10.9. The smallest absolute Gasteiger partial charge is 0.270 e. The van der Waals surface area contributed by atoms with Gasteiger partial charge in [0.15, 0.2) is 0 Å².